The molecule has 2 aromatic carbocycles. The van der Waals surface area contributed by atoms with Crippen LogP contribution in [0.3, 0.4) is 0 Å². The van der Waals surface area contributed by atoms with E-state index in [4.69, 9.17) is 4.74 Å². The predicted octanol–water partition coefficient (Wildman–Crippen LogP) is 2.01. The van der Waals surface area contributed by atoms with E-state index in [1.165, 1.54) is 11.7 Å². The Morgan fingerprint density at radius 1 is 0.931 bits per heavy atom. The Labute approximate surface area is 165 Å². The Morgan fingerprint density at radius 3 is 2.10 bits per heavy atom. The number of benzene rings is 2. The van der Waals surface area contributed by atoms with Crippen LogP contribution in [0.1, 0.15) is 40.6 Å². The number of carbonyl (C=O) groups excluding carboxylic acids is 2. The van der Waals surface area contributed by atoms with Crippen molar-refractivity contribution >= 4 is 22.7 Å². The van der Waals surface area contributed by atoms with Crippen LogP contribution in [0.15, 0.2) is 52.1 Å². The van der Waals surface area contributed by atoms with Crippen LogP contribution in [0.25, 0.3) is 10.9 Å². The Kier molecular flexibility index (Phi) is 4.34. The highest BCUT2D eigenvalue weighted by molar-refractivity contribution is 6.21. The summed E-state index contributed by atoms with van der Waals surface area (Å²) in [4.78, 5) is 52.5. The van der Waals surface area contributed by atoms with Gasteiger partial charge in [0.2, 0.25) is 0 Å². The van der Waals surface area contributed by atoms with Crippen LogP contribution in [-0.2, 0) is 6.67 Å². The average molecular weight is 393 g/mol. The maximum Gasteiger partial charge on any atom is 0.333 e. The van der Waals surface area contributed by atoms with E-state index in [0.717, 1.165) is 9.47 Å². The minimum Gasteiger partial charge on any atom is -0.497 e. The molecule has 8 heteroatoms. The third-order valence-corrected chi connectivity index (χ3v) is 5.06. The number of hydrogen-bond donors (Lipinski definition) is 0. The number of imide groups is 1. The van der Waals surface area contributed by atoms with E-state index in [1.807, 2.05) is 0 Å². The van der Waals surface area contributed by atoms with Gasteiger partial charge < -0.3 is 4.74 Å². The maximum atomic E-state index is 13.1. The van der Waals surface area contributed by atoms with E-state index in [1.54, 1.807) is 56.3 Å². The lowest BCUT2D eigenvalue weighted by Gasteiger charge is -2.20. The number of methoxy groups -OCH3 is 1. The highest BCUT2D eigenvalue weighted by atomic mass is 16.5. The van der Waals surface area contributed by atoms with Crippen molar-refractivity contribution in [2.45, 2.75) is 26.6 Å². The zero-order valence-electron chi connectivity index (χ0n) is 16.2. The summed E-state index contributed by atoms with van der Waals surface area (Å²) in [6.45, 7) is 3.16. The first-order valence-corrected chi connectivity index (χ1v) is 9.13. The molecule has 29 heavy (non-hydrogen) atoms. The summed E-state index contributed by atoms with van der Waals surface area (Å²) >= 11 is 0. The molecule has 0 fully saturated rings. The van der Waals surface area contributed by atoms with E-state index < -0.39 is 29.1 Å². The Balaban J connectivity index is 1.93. The number of carbonyl (C=O) groups is 2. The van der Waals surface area contributed by atoms with Gasteiger partial charge in [0.25, 0.3) is 17.4 Å². The molecule has 0 radical (unpaired) electrons. The van der Waals surface area contributed by atoms with Crippen molar-refractivity contribution < 1.29 is 14.3 Å². The number of aromatic nitrogens is 2. The molecular formula is C21H19N3O5. The first kappa shape index (κ1) is 18.7. The molecule has 0 N–H and O–H groups in total. The molecule has 3 aromatic rings. The molecule has 0 atom stereocenters. The van der Waals surface area contributed by atoms with Crippen LogP contribution in [0, 0.1) is 0 Å². The lowest BCUT2D eigenvalue weighted by molar-refractivity contribution is 0.0605. The molecule has 8 nitrogen and oxygen atoms in total. The second kappa shape index (κ2) is 6.73. The molecule has 1 aliphatic rings. The zero-order chi connectivity index (χ0) is 20.9. The molecule has 148 valence electrons. The zero-order valence-corrected chi connectivity index (χ0v) is 16.2. The quantitative estimate of drug-likeness (QED) is 0.633. The molecule has 0 aliphatic carbocycles. The molecule has 2 amide bonds. The number of amides is 2. The Morgan fingerprint density at radius 2 is 1.55 bits per heavy atom. The van der Waals surface area contributed by atoms with Crippen molar-refractivity contribution in [1.82, 2.24) is 14.0 Å². The van der Waals surface area contributed by atoms with Crippen molar-refractivity contribution in [3.05, 3.63) is 74.4 Å². The lowest BCUT2D eigenvalue weighted by Crippen LogP contribution is -2.44. The number of rotatable bonds is 4. The minimum absolute atomic E-state index is 0.272. The van der Waals surface area contributed by atoms with Gasteiger partial charge in [0.1, 0.15) is 12.4 Å². The summed E-state index contributed by atoms with van der Waals surface area (Å²) in [5, 5.41) is 0.272. The standard InChI is InChI=1S/C21H19N3O5/c1-12(2)24-20(27)16-10-13(29-3)8-9-17(16)22(21(24)28)11-23-18(25)14-6-4-5-7-15(14)19(23)26/h4-10,12H,11H2,1-3H3. The second-order valence-corrected chi connectivity index (χ2v) is 7.09. The maximum absolute atomic E-state index is 13.1. The van der Waals surface area contributed by atoms with Gasteiger partial charge in [-0.05, 0) is 44.2 Å². The van der Waals surface area contributed by atoms with Crippen LogP contribution < -0.4 is 16.0 Å². The average Bonchev–Trinajstić information content (AvgIpc) is 2.95. The molecule has 1 aliphatic heterocycles. The fourth-order valence-electron chi connectivity index (χ4n) is 3.60. The molecule has 0 saturated carbocycles. The van der Waals surface area contributed by atoms with Gasteiger partial charge in [0.15, 0.2) is 0 Å². The van der Waals surface area contributed by atoms with Gasteiger partial charge in [-0.25, -0.2) is 4.79 Å². The number of hydrogen-bond acceptors (Lipinski definition) is 5. The summed E-state index contributed by atoms with van der Waals surface area (Å²) in [5.74, 6) is -0.473. The molecule has 0 spiro atoms. The first-order chi connectivity index (χ1) is 13.8. The summed E-state index contributed by atoms with van der Waals surface area (Å²) in [7, 11) is 1.48. The number of nitrogens with zero attached hydrogens (tertiary/aromatic N) is 3. The summed E-state index contributed by atoms with van der Waals surface area (Å²) < 4.78 is 7.59. The van der Waals surface area contributed by atoms with E-state index in [9.17, 15) is 19.2 Å². The third-order valence-electron chi connectivity index (χ3n) is 5.06. The summed E-state index contributed by atoms with van der Waals surface area (Å²) in [5.41, 5.74) is -0.103. The van der Waals surface area contributed by atoms with Crippen LogP contribution in [-0.4, -0.2) is 33.0 Å². The first-order valence-electron chi connectivity index (χ1n) is 9.13. The predicted molar refractivity (Wildman–Crippen MR) is 106 cm³/mol. The van der Waals surface area contributed by atoms with Crippen molar-refractivity contribution in [2.24, 2.45) is 0 Å². The van der Waals surface area contributed by atoms with Crippen molar-refractivity contribution in [1.29, 1.82) is 0 Å². The van der Waals surface area contributed by atoms with Gasteiger partial charge >= 0.3 is 5.69 Å². The topological polar surface area (TPSA) is 90.6 Å². The highest BCUT2D eigenvalue weighted by Crippen LogP contribution is 2.24. The minimum atomic E-state index is -0.584. The van der Waals surface area contributed by atoms with E-state index in [0.29, 0.717) is 22.4 Å². The lowest BCUT2D eigenvalue weighted by atomic mass is 10.1. The molecule has 4 rings (SSSR count). The highest BCUT2D eigenvalue weighted by Gasteiger charge is 2.36. The molecule has 0 saturated heterocycles. The van der Waals surface area contributed by atoms with Crippen LogP contribution in [0.5, 0.6) is 5.75 Å². The Bertz CT molecular complexity index is 1250. The van der Waals surface area contributed by atoms with Crippen LogP contribution in [0.4, 0.5) is 0 Å². The molecular weight excluding hydrogens is 374 g/mol. The fourth-order valence-corrected chi connectivity index (χ4v) is 3.60. The molecule has 0 unspecified atom stereocenters. The number of fused-ring (bicyclic) bond motifs is 2. The smallest absolute Gasteiger partial charge is 0.333 e. The summed E-state index contributed by atoms with van der Waals surface area (Å²) in [6, 6.07) is 10.9. The SMILES string of the molecule is COc1ccc2c(c1)c(=O)n(C(C)C)c(=O)n2CN1C(=O)c2ccccc2C1=O. The van der Waals surface area contributed by atoms with Gasteiger partial charge in [-0.2, -0.15) is 0 Å². The molecule has 0 bridgehead atoms. The van der Waals surface area contributed by atoms with E-state index >= 15 is 0 Å². The van der Waals surface area contributed by atoms with Crippen LogP contribution in [0.2, 0.25) is 0 Å². The number of ether oxygens (including phenoxy) is 1. The Hall–Kier alpha value is -3.68. The van der Waals surface area contributed by atoms with E-state index in [2.05, 4.69) is 0 Å². The van der Waals surface area contributed by atoms with Crippen molar-refractivity contribution in [2.75, 3.05) is 7.11 Å². The van der Waals surface area contributed by atoms with Crippen LogP contribution >= 0.6 is 0 Å². The van der Waals surface area contributed by atoms with Gasteiger partial charge in [0.05, 0.1) is 29.1 Å². The second-order valence-electron chi connectivity index (χ2n) is 7.09. The third kappa shape index (κ3) is 2.75. The molecule has 1 aromatic heterocycles. The van der Waals surface area contributed by atoms with Gasteiger partial charge in [-0.15, -0.1) is 0 Å². The monoisotopic (exact) mass is 393 g/mol. The van der Waals surface area contributed by atoms with Crippen molar-refractivity contribution in [3.8, 4) is 5.75 Å². The summed E-state index contributed by atoms with van der Waals surface area (Å²) in [6.07, 6.45) is 0. The molecule has 2 heterocycles. The van der Waals surface area contributed by atoms with Gasteiger partial charge in [-0.1, -0.05) is 12.1 Å². The largest absolute Gasteiger partial charge is 0.497 e. The normalized spacial score (nSPS) is 13.4. The van der Waals surface area contributed by atoms with Gasteiger partial charge in [0, 0.05) is 6.04 Å². The van der Waals surface area contributed by atoms with Gasteiger partial charge in [-0.3, -0.25) is 28.4 Å². The van der Waals surface area contributed by atoms with E-state index in [-0.39, 0.29) is 12.1 Å². The van der Waals surface area contributed by atoms with Crippen molar-refractivity contribution in [3.63, 3.8) is 0 Å². The fraction of sp³-hybridized carbons (Fsp3) is 0.238.